The third-order valence-corrected chi connectivity index (χ3v) is 3.99. The van der Waals surface area contributed by atoms with Gasteiger partial charge in [-0.1, -0.05) is 64.5 Å². The number of methoxy groups -OCH3 is 1. The fraction of sp³-hybridized carbons (Fsp3) is 0.684. The summed E-state index contributed by atoms with van der Waals surface area (Å²) in [5.74, 6) is 1.00. The first-order valence-electron chi connectivity index (χ1n) is 8.71. The summed E-state index contributed by atoms with van der Waals surface area (Å²) in [6.07, 6.45) is 10.5. The number of hydrogen-bond donors (Lipinski definition) is 0. The van der Waals surface area contributed by atoms with E-state index in [1.54, 1.807) is 7.11 Å². The smallest absolute Gasteiger partial charge is 0.142 e. The van der Waals surface area contributed by atoms with Crippen molar-refractivity contribution in [2.45, 2.75) is 65.2 Å². The Labute approximate surface area is 131 Å². The fourth-order valence-corrected chi connectivity index (χ4v) is 2.70. The molecule has 120 valence electrons. The number of para-hydroxylation sites is 2. The maximum absolute atomic E-state index is 5.54. The second-order valence-electron chi connectivity index (χ2n) is 5.78. The lowest BCUT2D eigenvalue weighted by molar-refractivity contribution is 0.413. The highest BCUT2D eigenvalue weighted by molar-refractivity contribution is 5.58. The van der Waals surface area contributed by atoms with E-state index in [4.69, 9.17) is 4.74 Å². The summed E-state index contributed by atoms with van der Waals surface area (Å²) in [6.45, 7) is 6.82. The molecule has 1 rings (SSSR count). The molecule has 0 radical (unpaired) electrons. The predicted octanol–water partition coefficient (Wildman–Crippen LogP) is 5.66. The van der Waals surface area contributed by atoms with Gasteiger partial charge in [-0.3, -0.25) is 0 Å². The highest BCUT2D eigenvalue weighted by Gasteiger charge is 2.10. The summed E-state index contributed by atoms with van der Waals surface area (Å²) < 4.78 is 5.54. The molecule has 0 spiro atoms. The standard InChI is InChI=1S/C19H33NO/c1-4-6-8-12-16-20(17-13-9-7-5-2)18-14-10-11-15-19(18)21-3/h10-11,14-15H,4-9,12-13,16-17H2,1-3H3. The van der Waals surface area contributed by atoms with Gasteiger partial charge in [-0.2, -0.15) is 0 Å². The zero-order valence-corrected chi connectivity index (χ0v) is 14.2. The minimum atomic E-state index is 1.00. The molecule has 21 heavy (non-hydrogen) atoms. The Bertz CT molecular complexity index is 352. The second-order valence-corrected chi connectivity index (χ2v) is 5.78. The van der Waals surface area contributed by atoms with Crippen molar-refractivity contribution in [2.75, 3.05) is 25.1 Å². The number of unbranched alkanes of at least 4 members (excludes halogenated alkanes) is 6. The van der Waals surface area contributed by atoms with Gasteiger partial charge in [0.1, 0.15) is 5.75 Å². The van der Waals surface area contributed by atoms with E-state index in [1.165, 1.54) is 57.1 Å². The molecule has 0 bridgehead atoms. The van der Waals surface area contributed by atoms with Gasteiger partial charge in [0, 0.05) is 13.1 Å². The van der Waals surface area contributed by atoms with Gasteiger partial charge in [0.25, 0.3) is 0 Å². The third kappa shape index (κ3) is 6.88. The van der Waals surface area contributed by atoms with Crippen molar-refractivity contribution in [3.63, 3.8) is 0 Å². The number of hydrogen-bond acceptors (Lipinski definition) is 2. The molecule has 0 saturated heterocycles. The van der Waals surface area contributed by atoms with Crippen LogP contribution in [-0.4, -0.2) is 20.2 Å². The molecule has 0 heterocycles. The van der Waals surface area contributed by atoms with Crippen LogP contribution in [0.1, 0.15) is 65.2 Å². The summed E-state index contributed by atoms with van der Waals surface area (Å²) in [5, 5.41) is 0. The van der Waals surface area contributed by atoms with E-state index in [9.17, 15) is 0 Å². The first-order chi connectivity index (χ1) is 10.3. The molecule has 0 aromatic heterocycles. The van der Waals surface area contributed by atoms with Gasteiger partial charge in [-0.25, -0.2) is 0 Å². The van der Waals surface area contributed by atoms with E-state index in [1.807, 2.05) is 0 Å². The van der Waals surface area contributed by atoms with Crippen LogP contribution in [0.5, 0.6) is 5.75 Å². The van der Waals surface area contributed by atoms with Crippen molar-refractivity contribution in [3.05, 3.63) is 24.3 Å². The Kier molecular flexibility index (Phi) is 9.77. The van der Waals surface area contributed by atoms with Gasteiger partial charge in [0.15, 0.2) is 0 Å². The van der Waals surface area contributed by atoms with Gasteiger partial charge in [-0.05, 0) is 25.0 Å². The molecule has 2 heteroatoms. The molecule has 0 aliphatic rings. The molecular weight excluding hydrogens is 258 g/mol. The summed E-state index contributed by atoms with van der Waals surface area (Å²) in [4.78, 5) is 2.52. The summed E-state index contributed by atoms with van der Waals surface area (Å²) in [6, 6.07) is 8.43. The Morgan fingerprint density at radius 2 is 1.38 bits per heavy atom. The largest absolute Gasteiger partial charge is 0.495 e. The average Bonchev–Trinajstić information content (AvgIpc) is 2.53. The highest BCUT2D eigenvalue weighted by Crippen LogP contribution is 2.28. The molecule has 0 N–H and O–H groups in total. The monoisotopic (exact) mass is 291 g/mol. The van der Waals surface area contributed by atoms with Gasteiger partial charge in [0.2, 0.25) is 0 Å². The SMILES string of the molecule is CCCCCCN(CCCCCC)c1ccccc1OC. The maximum atomic E-state index is 5.54. The number of benzene rings is 1. The lowest BCUT2D eigenvalue weighted by Crippen LogP contribution is -2.26. The van der Waals surface area contributed by atoms with Crippen molar-refractivity contribution in [1.82, 2.24) is 0 Å². The van der Waals surface area contributed by atoms with Gasteiger partial charge in [-0.15, -0.1) is 0 Å². The molecule has 2 nitrogen and oxygen atoms in total. The van der Waals surface area contributed by atoms with E-state index < -0.39 is 0 Å². The summed E-state index contributed by atoms with van der Waals surface area (Å²) >= 11 is 0. The molecule has 1 aromatic carbocycles. The molecule has 1 aromatic rings. The van der Waals surface area contributed by atoms with Crippen LogP contribution in [0.3, 0.4) is 0 Å². The minimum absolute atomic E-state index is 1.00. The van der Waals surface area contributed by atoms with Crippen molar-refractivity contribution < 1.29 is 4.74 Å². The van der Waals surface area contributed by atoms with Crippen LogP contribution in [0.15, 0.2) is 24.3 Å². The number of nitrogens with zero attached hydrogens (tertiary/aromatic N) is 1. The predicted molar refractivity (Wildman–Crippen MR) is 93.5 cm³/mol. The molecule has 0 saturated carbocycles. The molecule has 0 aliphatic carbocycles. The van der Waals surface area contributed by atoms with Crippen LogP contribution in [0, 0.1) is 0 Å². The summed E-state index contributed by atoms with van der Waals surface area (Å²) in [7, 11) is 1.77. The van der Waals surface area contributed by atoms with Crippen molar-refractivity contribution in [1.29, 1.82) is 0 Å². The second kappa shape index (κ2) is 11.5. The van der Waals surface area contributed by atoms with Crippen LogP contribution in [0.25, 0.3) is 0 Å². The Balaban J connectivity index is 2.60. The first kappa shape index (κ1) is 17.9. The Morgan fingerprint density at radius 1 is 0.810 bits per heavy atom. The highest BCUT2D eigenvalue weighted by atomic mass is 16.5. The zero-order chi connectivity index (χ0) is 15.3. The van der Waals surface area contributed by atoms with Crippen molar-refractivity contribution >= 4 is 5.69 Å². The van der Waals surface area contributed by atoms with Crippen LogP contribution in [0.4, 0.5) is 5.69 Å². The van der Waals surface area contributed by atoms with Gasteiger partial charge < -0.3 is 9.64 Å². The van der Waals surface area contributed by atoms with E-state index in [-0.39, 0.29) is 0 Å². The number of rotatable bonds is 12. The van der Waals surface area contributed by atoms with E-state index in [2.05, 4.69) is 43.0 Å². The number of ether oxygens (including phenoxy) is 1. The van der Waals surface area contributed by atoms with Crippen molar-refractivity contribution in [3.8, 4) is 5.75 Å². The maximum Gasteiger partial charge on any atom is 0.142 e. The van der Waals surface area contributed by atoms with Crippen LogP contribution in [-0.2, 0) is 0 Å². The fourth-order valence-electron chi connectivity index (χ4n) is 2.70. The van der Waals surface area contributed by atoms with Crippen molar-refractivity contribution in [2.24, 2.45) is 0 Å². The van der Waals surface area contributed by atoms with E-state index >= 15 is 0 Å². The zero-order valence-electron chi connectivity index (χ0n) is 14.2. The quantitative estimate of drug-likeness (QED) is 0.461. The molecule has 0 amide bonds. The van der Waals surface area contributed by atoms with E-state index in [0.29, 0.717) is 0 Å². The lowest BCUT2D eigenvalue weighted by atomic mass is 10.1. The molecular formula is C19H33NO. The molecule has 0 aliphatic heterocycles. The molecule has 0 unspecified atom stereocenters. The Morgan fingerprint density at radius 3 is 1.90 bits per heavy atom. The third-order valence-electron chi connectivity index (χ3n) is 3.99. The minimum Gasteiger partial charge on any atom is -0.495 e. The molecule has 0 fully saturated rings. The van der Waals surface area contributed by atoms with Gasteiger partial charge in [0.05, 0.1) is 12.8 Å². The number of anilines is 1. The normalized spacial score (nSPS) is 10.6. The average molecular weight is 291 g/mol. The summed E-state index contributed by atoms with van der Waals surface area (Å²) in [5.41, 5.74) is 1.26. The van der Waals surface area contributed by atoms with Crippen LogP contribution >= 0.6 is 0 Å². The topological polar surface area (TPSA) is 12.5 Å². The van der Waals surface area contributed by atoms with Gasteiger partial charge >= 0.3 is 0 Å². The van der Waals surface area contributed by atoms with Crippen LogP contribution < -0.4 is 9.64 Å². The molecule has 0 atom stereocenters. The first-order valence-corrected chi connectivity index (χ1v) is 8.71. The Hall–Kier alpha value is -1.18. The van der Waals surface area contributed by atoms with Crippen LogP contribution in [0.2, 0.25) is 0 Å². The lowest BCUT2D eigenvalue weighted by Gasteiger charge is -2.26. The van der Waals surface area contributed by atoms with E-state index in [0.717, 1.165) is 18.8 Å².